The Bertz CT molecular complexity index is 892. The second-order valence-corrected chi connectivity index (χ2v) is 7.09. The molecule has 0 saturated carbocycles. The summed E-state index contributed by atoms with van der Waals surface area (Å²) >= 11 is 0. The summed E-state index contributed by atoms with van der Waals surface area (Å²) in [7, 11) is 0. The third-order valence-corrected chi connectivity index (χ3v) is 4.30. The van der Waals surface area contributed by atoms with E-state index in [2.05, 4.69) is 39.9 Å². The van der Waals surface area contributed by atoms with Crippen LogP contribution in [0, 0.1) is 0 Å². The molecule has 5 heteroatoms. The van der Waals surface area contributed by atoms with Gasteiger partial charge >= 0.3 is 0 Å². The molecule has 0 unspecified atom stereocenters. The molecule has 0 bridgehead atoms. The summed E-state index contributed by atoms with van der Waals surface area (Å²) in [6.45, 7) is 4.78. The van der Waals surface area contributed by atoms with Crippen LogP contribution in [-0.4, -0.2) is 23.5 Å². The Labute approximate surface area is 172 Å². The van der Waals surface area contributed by atoms with Crippen molar-refractivity contribution in [3.8, 4) is 5.75 Å². The van der Waals surface area contributed by atoms with Crippen LogP contribution in [0.5, 0.6) is 5.75 Å². The van der Waals surface area contributed by atoms with Crippen molar-refractivity contribution in [3.63, 3.8) is 0 Å². The number of aryl methyl sites for hydroxylation is 1. The van der Waals surface area contributed by atoms with Crippen molar-refractivity contribution in [1.29, 1.82) is 0 Å². The van der Waals surface area contributed by atoms with Gasteiger partial charge in [0, 0.05) is 18.4 Å². The average Bonchev–Trinajstić information content (AvgIpc) is 2.73. The van der Waals surface area contributed by atoms with Gasteiger partial charge in [-0.25, -0.2) is 4.98 Å². The summed E-state index contributed by atoms with van der Waals surface area (Å²) in [5.41, 5.74) is 2.56. The summed E-state index contributed by atoms with van der Waals surface area (Å²) in [5, 5.41) is 6.17. The van der Waals surface area contributed by atoms with Crippen LogP contribution in [0.3, 0.4) is 0 Å². The lowest BCUT2D eigenvalue weighted by molar-refractivity contribution is 0.102. The smallest absolute Gasteiger partial charge is 0.257 e. The molecule has 0 fully saturated rings. The maximum atomic E-state index is 12.4. The Hall–Kier alpha value is -3.34. The van der Waals surface area contributed by atoms with Gasteiger partial charge in [0.2, 0.25) is 0 Å². The SMILES string of the molecule is CC(C)Oc1ccc(NC(=O)c2ccc(NCCCc3ccccc3)nc2)cc1. The van der Waals surface area contributed by atoms with Crippen molar-refractivity contribution in [2.75, 3.05) is 17.2 Å². The lowest BCUT2D eigenvalue weighted by Gasteiger charge is -2.11. The van der Waals surface area contributed by atoms with Crippen LogP contribution >= 0.6 is 0 Å². The molecule has 0 aliphatic carbocycles. The fourth-order valence-corrected chi connectivity index (χ4v) is 2.88. The molecule has 1 amide bonds. The van der Waals surface area contributed by atoms with Crippen molar-refractivity contribution < 1.29 is 9.53 Å². The Morgan fingerprint density at radius 2 is 1.76 bits per heavy atom. The lowest BCUT2D eigenvalue weighted by atomic mass is 10.1. The minimum Gasteiger partial charge on any atom is -0.491 e. The highest BCUT2D eigenvalue weighted by atomic mass is 16.5. The van der Waals surface area contributed by atoms with Crippen molar-refractivity contribution in [2.45, 2.75) is 32.8 Å². The summed E-state index contributed by atoms with van der Waals surface area (Å²) in [4.78, 5) is 16.7. The van der Waals surface area contributed by atoms with Gasteiger partial charge in [0.1, 0.15) is 11.6 Å². The van der Waals surface area contributed by atoms with Crippen molar-refractivity contribution in [2.24, 2.45) is 0 Å². The Morgan fingerprint density at radius 1 is 1.00 bits per heavy atom. The molecule has 0 radical (unpaired) electrons. The van der Waals surface area contributed by atoms with Gasteiger partial charge in [0.15, 0.2) is 0 Å². The number of anilines is 2. The molecule has 5 nitrogen and oxygen atoms in total. The first-order valence-corrected chi connectivity index (χ1v) is 9.92. The number of carbonyl (C=O) groups is 1. The number of amides is 1. The monoisotopic (exact) mass is 389 g/mol. The summed E-state index contributed by atoms with van der Waals surface area (Å²) in [6.07, 6.45) is 3.75. The number of nitrogens with zero attached hydrogens (tertiary/aromatic N) is 1. The normalized spacial score (nSPS) is 10.6. The molecule has 29 heavy (non-hydrogen) atoms. The maximum Gasteiger partial charge on any atom is 0.257 e. The zero-order valence-corrected chi connectivity index (χ0v) is 16.9. The third-order valence-electron chi connectivity index (χ3n) is 4.30. The maximum absolute atomic E-state index is 12.4. The van der Waals surface area contributed by atoms with E-state index in [9.17, 15) is 4.79 Å². The Balaban J connectivity index is 1.45. The van der Waals surface area contributed by atoms with Crippen LogP contribution in [-0.2, 0) is 6.42 Å². The molecule has 3 rings (SSSR count). The molecule has 2 aromatic carbocycles. The van der Waals surface area contributed by atoms with Crippen LogP contribution < -0.4 is 15.4 Å². The number of ether oxygens (including phenoxy) is 1. The first-order chi connectivity index (χ1) is 14.1. The molecule has 0 spiro atoms. The molecule has 150 valence electrons. The van der Waals surface area contributed by atoms with E-state index >= 15 is 0 Å². The topological polar surface area (TPSA) is 63.2 Å². The fraction of sp³-hybridized carbons (Fsp3) is 0.250. The standard InChI is InChI=1S/C24H27N3O2/c1-18(2)29-22-13-11-21(12-14-22)27-24(28)20-10-15-23(26-17-20)25-16-6-9-19-7-4-3-5-8-19/h3-5,7-8,10-15,17-18H,6,9,16H2,1-2H3,(H,25,26)(H,27,28). The number of carbonyl (C=O) groups excluding carboxylic acids is 1. The fourth-order valence-electron chi connectivity index (χ4n) is 2.88. The molecule has 0 atom stereocenters. The number of hydrogen-bond donors (Lipinski definition) is 2. The summed E-state index contributed by atoms with van der Waals surface area (Å²) in [5.74, 6) is 1.36. The highest BCUT2D eigenvalue weighted by molar-refractivity contribution is 6.04. The lowest BCUT2D eigenvalue weighted by Crippen LogP contribution is -2.13. The first-order valence-electron chi connectivity index (χ1n) is 9.92. The zero-order valence-electron chi connectivity index (χ0n) is 16.9. The summed E-state index contributed by atoms with van der Waals surface area (Å²) in [6, 6.07) is 21.4. The van der Waals surface area contributed by atoms with Crippen LogP contribution in [0.2, 0.25) is 0 Å². The van der Waals surface area contributed by atoms with Crippen LogP contribution in [0.4, 0.5) is 11.5 Å². The predicted octanol–water partition coefficient (Wildman–Crippen LogP) is 5.17. The molecule has 1 heterocycles. The molecule has 0 saturated heterocycles. The molecule has 0 aliphatic heterocycles. The molecule has 0 aliphatic rings. The van der Waals surface area contributed by atoms with Crippen LogP contribution in [0.15, 0.2) is 72.9 Å². The quantitative estimate of drug-likeness (QED) is 0.496. The van der Waals surface area contributed by atoms with Gasteiger partial charge in [0.25, 0.3) is 5.91 Å². The molecular weight excluding hydrogens is 362 g/mol. The largest absolute Gasteiger partial charge is 0.491 e. The predicted molar refractivity (Wildman–Crippen MR) is 118 cm³/mol. The minimum absolute atomic E-state index is 0.118. The van der Waals surface area contributed by atoms with E-state index in [0.29, 0.717) is 11.3 Å². The van der Waals surface area contributed by atoms with Gasteiger partial charge in [-0.15, -0.1) is 0 Å². The van der Waals surface area contributed by atoms with Gasteiger partial charge in [-0.05, 0) is 68.7 Å². The van der Waals surface area contributed by atoms with Crippen molar-refractivity contribution >= 4 is 17.4 Å². The van der Waals surface area contributed by atoms with Gasteiger partial charge < -0.3 is 15.4 Å². The highest BCUT2D eigenvalue weighted by Crippen LogP contribution is 2.18. The first kappa shape index (κ1) is 20.4. The third kappa shape index (κ3) is 6.64. The second-order valence-electron chi connectivity index (χ2n) is 7.09. The van der Waals surface area contributed by atoms with E-state index in [0.717, 1.165) is 31.0 Å². The number of pyridine rings is 1. The number of rotatable bonds is 9. The number of aromatic nitrogens is 1. The van der Waals surface area contributed by atoms with E-state index in [1.54, 1.807) is 12.3 Å². The Morgan fingerprint density at radius 3 is 2.41 bits per heavy atom. The van der Waals surface area contributed by atoms with E-state index in [1.165, 1.54) is 5.56 Å². The zero-order chi connectivity index (χ0) is 20.5. The van der Waals surface area contributed by atoms with E-state index in [1.807, 2.05) is 50.2 Å². The van der Waals surface area contributed by atoms with Gasteiger partial charge in [-0.3, -0.25) is 4.79 Å². The van der Waals surface area contributed by atoms with E-state index in [-0.39, 0.29) is 12.0 Å². The van der Waals surface area contributed by atoms with Crippen molar-refractivity contribution in [3.05, 3.63) is 84.1 Å². The molecule has 2 N–H and O–H groups in total. The number of hydrogen-bond acceptors (Lipinski definition) is 4. The van der Waals surface area contributed by atoms with Gasteiger partial charge in [-0.2, -0.15) is 0 Å². The molecule has 1 aromatic heterocycles. The molecule has 3 aromatic rings. The van der Waals surface area contributed by atoms with E-state index < -0.39 is 0 Å². The van der Waals surface area contributed by atoms with Gasteiger partial charge in [-0.1, -0.05) is 30.3 Å². The Kier molecular flexibility index (Phi) is 7.22. The number of nitrogens with one attached hydrogen (secondary N) is 2. The number of benzene rings is 2. The van der Waals surface area contributed by atoms with Crippen LogP contribution in [0.1, 0.15) is 36.2 Å². The van der Waals surface area contributed by atoms with Gasteiger partial charge in [0.05, 0.1) is 11.7 Å². The van der Waals surface area contributed by atoms with Crippen molar-refractivity contribution in [1.82, 2.24) is 4.98 Å². The van der Waals surface area contributed by atoms with Crippen LogP contribution in [0.25, 0.3) is 0 Å². The van der Waals surface area contributed by atoms with E-state index in [4.69, 9.17) is 4.74 Å². The molecular formula is C24H27N3O2. The minimum atomic E-state index is -0.189. The highest BCUT2D eigenvalue weighted by Gasteiger charge is 2.07. The second kappa shape index (κ2) is 10.3. The summed E-state index contributed by atoms with van der Waals surface area (Å²) < 4.78 is 5.61. The average molecular weight is 389 g/mol.